The van der Waals surface area contributed by atoms with E-state index >= 15 is 0 Å². The zero-order valence-electron chi connectivity index (χ0n) is 11.2. The molecule has 0 saturated heterocycles. The third kappa shape index (κ3) is 2.84. The van der Waals surface area contributed by atoms with Crippen LogP contribution >= 0.6 is 11.6 Å². The molecule has 104 valence electrons. The molecule has 1 heterocycles. The van der Waals surface area contributed by atoms with Gasteiger partial charge in [0.05, 0.1) is 10.7 Å². The van der Waals surface area contributed by atoms with Gasteiger partial charge in [-0.15, -0.1) is 0 Å². The fourth-order valence-electron chi connectivity index (χ4n) is 1.99. The number of anilines is 3. The Hall–Kier alpha value is -1.85. The van der Waals surface area contributed by atoms with Gasteiger partial charge in [-0.25, -0.2) is 15.8 Å². The lowest BCUT2D eigenvalue weighted by Gasteiger charge is -2.11. The van der Waals surface area contributed by atoms with Gasteiger partial charge in [-0.1, -0.05) is 17.7 Å². The minimum Gasteiger partial charge on any atom is -0.339 e. The Balaban J connectivity index is 1.91. The SMILES string of the molecule is Cc1ccc(Nc2cc(NN)nc(C3CC3)n2)c(Cl)c1. The monoisotopic (exact) mass is 289 g/mol. The summed E-state index contributed by atoms with van der Waals surface area (Å²) in [7, 11) is 0. The lowest BCUT2D eigenvalue weighted by molar-refractivity contribution is 0.929. The lowest BCUT2D eigenvalue weighted by atomic mass is 10.2. The average Bonchev–Trinajstić information content (AvgIpc) is 3.26. The van der Waals surface area contributed by atoms with E-state index in [1.165, 1.54) is 0 Å². The highest BCUT2D eigenvalue weighted by Crippen LogP contribution is 2.39. The van der Waals surface area contributed by atoms with Gasteiger partial charge >= 0.3 is 0 Å². The van der Waals surface area contributed by atoms with Crippen molar-refractivity contribution >= 4 is 28.9 Å². The van der Waals surface area contributed by atoms with Gasteiger partial charge in [0, 0.05) is 12.0 Å². The largest absolute Gasteiger partial charge is 0.339 e. The maximum atomic E-state index is 6.22. The van der Waals surface area contributed by atoms with Gasteiger partial charge in [0.2, 0.25) is 0 Å². The Morgan fingerprint density at radius 3 is 2.60 bits per heavy atom. The van der Waals surface area contributed by atoms with E-state index in [1.54, 1.807) is 6.07 Å². The molecule has 0 amide bonds. The van der Waals surface area contributed by atoms with Crippen LogP contribution in [0.4, 0.5) is 17.3 Å². The van der Waals surface area contributed by atoms with Crippen molar-refractivity contribution in [1.29, 1.82) is 0 Å². The molecule has 20 heavy (non-hydrogen) atoms. The van der Waals surface area contributed by atoms with E-state index in [0.717, 1.165) is 29.9 Å². The number of nitrogens with one attached hydrogen (secondary N) is 2. The predicted molar refractivity (Wildman–Crippen MR) is 81.3 cm³/mol. The second-order valence-corrected chi connectivity index (χ2v) is 5.43. The highest BCUT2D eigenvalue weighted by molar-refractivity contribution is 6.33. The van der Waals surface area contributed by atoms with Crippen molar-refractivity contribution in [1.82, 2.24) is 9.97 Å². The molecule has 5 nitrogen and oxygen atoms in total. The van der Waals surface area contributed by atoms with E-state index in [4.69, 9.17) is 17.4 Å². The number of hydrogen-bond acceptors (Lipinski definition) is 5. The summed E-state index contributed by atoms with van der Waals surface area (Å²) in [6.07, 6.45) is 2.28. The van der Waals surface area contributed by atoms with Gasteiger partial charge < -0.3 is 10.7 Å². The Morgan fingerprint density at radius 2 is 1.95 bits per heavy atom. The molecule has 1 aromatic carbocycles. The first-order chi connectivity index (χ1) is 9.65. The number of rotatable bonds is 4. The van der Waals surface area contributed by atoms with Gasteiger partial charge in [0.15, 0.2) is 0 Å². The molecule has 0 atom stereocenters. The van der Waals surface area contributed by atoms with E-state index < -0.39 is 0 Å². The summed E-state index contributed by atoms with van der Waals surface area (Å²) in [6, 6.07) is 7.61. The summed E-state index contributed by atoms with van der Waals surface area (Å²) < 4.78 is 0. The quantitative estimate of drug-likeness (QED) is 0.594. The number of aromatic nitrogens is 2. The Labute approximate surface area is 122 Å². The van der Waals surface area contributed by atoms with Crippen LogP contribution in [0.1, 0.15) is 30.1 Å². The number of nitrogen functional groups attached to an aromatic ring is 1. The summed E-state index contributed by atoms with van der Waals surface area (Å²) in [5, 5.41) is 3.88. The minimum atomic E-state index is 0.456. The van der Waals surface area contributed by atoms with Crippen LogP contribution in [0.25, 0.3) is 0 Å². The van der Waals surface area contributed by atoms with Crippen molar-refractivity contribution in [3.8, 4) is 0 Å². The number of benzene rings is 1. The van der Waals surface area contributed by atoms with Crippen LogP contribution in [0.15, 0.2) is 24.3 Å². The summed E-state index contributed by atoms with van der Waals surface area (Å²) in [6.45, 7) is 2.00. The molecule has 6 heteroatoms. The highest BCUT2D eigenvalue weighted by atomic mass is 35.5. The molecule has 1 aliphatic carbocycles. The van der Waals surface area contributed by atoms with Crippen LogP contribution in [0.2, 0.25) is 5.02 Å². The van der Waals surface area contributed by atoms with Crippen LogP contribution < -0.4 is 16.6 Å². The molecule has 0 aliphatic heterocycles. The van der Waals surface area contributed by atoms with Gasteiger partial charge in [-0.05, 0) is 37.5 Å². The second-order valence-electron chi connectivity index (χ2n) is 5.02. The van der Waals surface area contributed by atoms with Crippen LogP contribution in [0.5, 0.6) is 0 Å². The maximum Gasteiger partial charge on any atom is 0.145 e. The van der Waals surface area contributed by atoms with E-state index in [2.05, 4.69) is 20.7 Å². The molecular formula is C14H16ClN5. The topological polar surface area (TPSA) is 75.9 Å². The number of nitrogens with two attached hydrogens (primary N) is 1. The van der Waals surface area contributed by atoms with Crippen molar-refractivity contribution in [2.45, 2.75) is 25.7 Å². The first kappa shape index (κ1) is 13.1. The summed E-state index contributed by atoms with van der Waals surface area (Å²) in [5.74, 6) is 8.04. The molecule has 1 fully saturated rings. The lowest BCUT2D eigenvalue weighted by Crippen LogP contribution is -2.11. The molecule has 0 spiro atoms. The van der Waals surface area contributed by atoms with Crippen LogP contribution in [0.3, 0.4) is 0 Å². The first-order valence-corrected chi connectivity index (χ1v) is 6.92. The molecule has 0 unspecified atom stereocenters. The first-order valence-electron chi connectivity index (χ1n) is 6.54. The number of hydrazine groups is 1. The minimum absolute atomic E-state index is 0.456. The maximum absolute atomic E-state index is 6.22. The van der Waals surface area contributed by atoms with Crippen molar-refractivity contribution in [3.63, 3.8) is 0 Å². The summed E-state index contributed by atoms with van der Waals surface area (Å²) in [5.41, 5.74) is 4.51. The molecule has 1 saturated carbocycles. The van der Waals surface area contributed by atoms with Crippen molar-refractivity contribution in [2.24, 2.45) is 5.84 Å². The van der Waals surface area contributed by atoms with E-state index in [-0.39, 0.29) is 0 Å². The molecule has 4 N–H and O–H groups in total. The van der Waals surface area contributed by atoms with Crippen LogP contribution in [-0.4, -0.2) is 9.97 Å². The van der Waals surface area contributed by atoms with Crippen molar-refractivity contribution in [2.75, 3.05) is 10.7 Å². The summed E-state index contributed by atoms with van der Waals surface area (Å²) in [4.78, 5) is 8.90. The smallest absolute Gasteiger partial charge is 0.145 e. The zero-order valence-corrected chi connectivity index (χ0v) is 11.9. The van der Waals surface area contributed by atoms with Gasteiger partial charge in [-0.3, -0.25) is 0 Å². The van der Waals surface area contributed by atoms with E-state index in [9.17, 15) is 0 Å². The normalized spacial score (nSPS) is 14.2. The molecule has 0 radical (unpaired) electrons. The highest BCUT2D eigenvalue weighted by Gasteiger charge is 2.27. The molecule has 3 rings (SSSR count). The zero-order chi connectivity index (χ0) is 14.1. The Kier molecular flexibility index (Phi) is 3.46. The molecule has 0 bridgehead atoms. The number of aryl methyl sites for hydroxylation is 1. The fraction of sp³-hybridized carbons (Fsp3) is 0.286. The third-order valence-electron chi connectivity index (χ3n) is 3.22. The average molecular weight is 290 g/mol. The van der Waals surface area contributed by atoms with E-state index in [1.807, 2.05) is 25.1 Å². The second kappa shape index (κ2) is 5.26. The summed E-state index contributed by atoms with van der Waals surface area (Å²) >= 11 is 6.22. The fourth-order valence-corrected chi connectivity index (χ4v) is 2.27. The molecule has 2 aromatic rings. The van der Waals surface area contributed by atoms with Gasteiger partial charge in [-0.2, -0.15) is 0 Å². The van der Waals surface area contributed by atoms with Crippen molar-refractivity contribution < 1.29 is 0 Å². The third-order valence-corrected chi connectivity index (χ3v) is 3.53. The Morgan fingerprint density at radius 1 is 1.20 bits per heavy atom. The predicted octanol–water partition coefficient (Wildman–Crippen LogP) is 3.35. The van der Waals surface area contributed by atoms with Crippen molar-refractivity contribution in [3.05, 3.63) is 40.7 Å². The Bertz CT molecular complexity index is 639. The number of nitrogens with zero attached hydrogens (tertiary/aromatic N) is 2. The molecule has 1 aromatic heterocycles. The van der Waals surface area contributed by atoms with Crippen LogP contribution in [0, 0.1) is 6.92 Å². The standard InChI is InChI=1S/C14H16ClN5/c1-8-2-5-11(10(15)6-8)17-12-7-13(20-16)19-14(18-12)9-3-4-9/h2,5-7,9H,3-4,16H2,1H3,(H2,17,18,19,20). The van der Waals surface area contributed by atoms with Crippen LogP contribution in [-0.2, 0) is 0 Å². The molecular weight excluding hydrogens is 274 g/mol. The number of halogens is 1. The van der Waals surface area contributed by atoms with Gasteiger partial charge in [0.25, 0.3) is 0 Å². The van der Waals surface area contributed by atoms with E-state index in [0.29, 0.717) is 22.6 Å². The van der Waals surface area contributed by atoms with Gasteiger partial charge in [0.1, 0.15) is 17.5 Å². The molecule has 1 aliphatic rings. The number of hydrogen-bond donors (Lipinski definition) is 3.